The van der Waals surface area contributed by atoms with E-state index in [-0.39, 0.29) is 23.7 Å². The van der Waals surface area contributed by atoms with Crippen molar-refractivity contribution >= 4 is 51.4 Å². The Morgan fingerprint density at radius 3 is 2.70 bits per heavy atom. The highest BCUT2D eigenvalue weighted by atomic mass is 32.1. The number of carbonyl (C=O) groups is 1. The summed E-state index contributed by atoms with van der Waals surface area (Å²) in [6, 6.07) is 11.1. The van der Waals surface area contributed by atoms with Crippen molar-refractivity contribution in [3.05, 3.63) is 58.9 Å². The second-order valence-corrected chi connectivity index (χ2v) is 9.87. The number of fused-ring (bicyclic) bond motifs is 2. The van der Waals surface area contributed by atoms with Gasteiger partial charge in [0.2, 0.25) is 0 Å². The molecule has 0 radical (unpaired) electrons. The number of aromatic nitrogens is 3. The highest BCUT2D eigenvalue weighted by Gasteiger charge is 2.35. The zero-order chi connectivity index (χ0) is 23.1. The van der Waals surface area contributed by atoms with Gasteiger partial charge in [-0.15, -0.1) is 11.3 Å². The van der Waals surface area contributed by atoms with Gasteiger partial charge in [0, 0.05) is 25.1 Å². The van der Waals surface area contributed by atoms with Gasteiger partial charge in [0.15, 0.2) is 6.04 Å². The maximum Gasteiger partial charge on any atom is 0.434 e. The Morgan fingerprint density at radius 1 is 1.18 bits per heavy atom. The summed E-state index contributed by atoms with van der Waals surface area (Å²) in [6.45, 7) is 1.93. The summed E-state index contributed by atoms with van der Waals surface area (Å²) < 4.78 is 30.1. The Morgan fingerprint density at radius 2 is 1.94 bits per heavy atom. The lowest BCUT2D eigenvalue weighted by Crippen LogP contribution is -2.37. The molecule has 1 amide bonds. The van der Waals surface area contributed by atoms with Crippen LogP contribution in [0, 0.1) is 6.92 Å². The molecule has 1 aliphatic carbocycles. The minimum atomic E-state index is -2.61. The number of halogens is 2. The van der Waals surface area contributed by atoms with Gasteiger partial charge in [-0.25, -0.2) is 23.5 Å². The second kappa shape index (κ2) is 8.83. The maximum absolute atomic E-state index is 13.2. The summed E-state index contributed by atoms with van der Waals surface area (Å²) >= 11 is 7.06. The van der Waals surface area contributed by atoms with E-state index >= 15 is 0 Å². The van der Waals surface area contributed by atoms with Crippen molar-refractivity contribution in [1.82, 2.24) is 14.4 Å². The molecule has 0 atom stereocenters. The molecule has 3 aromatic heterocycles. The number of anilines is 1. The second-order valence-electron chi connectivity index (χ2n) is 8.27. The van der Waals surface area contributed by atoms with E-state index in [4.69, 9.17) is 12.4 Å². The van der Waals surface area contributed by atoms with Crippen molar-refractivity contribution in [2.24, 2.45) is 0 Å². The van der Waals surface area contributed by atoms with E-state index < -0.39 is 6.43 Å². The Labute approximate surface area is 198 Å². The SMILES string of the molecule is Cc1nc2cccc(C(=O)[N+](=S)C3CCC(Nc4cccc5nc(C(F)F)cn45)CC3)c2s1. The smallest absolute Gasteiger partial charge is 0.368 e. The van der Waals surface area contributed by atoms with Gasteiger partial charge in [0.25, 0.3) is 18.9 Å². The van der Waals surface area contributed by atoms with E-state index in [0.29, 0.717) is 11.2 Å². The third-order valence-corrected chi connectivity index (χ3v) is 7.55. The fraction of sp³-hybridized carbons (Fsp3) is 0.348. The molecule has 0 saturated heterocycles. The van der Waals surface area contributed by atoms with Crippen LogP contribution in [-0.2, 0) is 12.4 Å². The summed E-state index contributed by atoms with van der Waals surface area (Å²) in [5.74, 6) is 0.576. The lowest BCUT2D eigenvalue weighted by Gasteiger charge is -2.26. The summed E-state index contributed by atoms with van der Waals surface area (Å²) in [4.78, 5) is 21.6. The van der Waals surface area contributed by atoms with Gasteiger partial charge in [-0.05, 0) is 44.0 Å². The van der Waals surface area contributed by atoms with Crippen LogP contribution in [0.3, 0.4) is 0 Å². The first-order valence-electron chi connectivity index (χ1n) is 10.8. The van der Waals surface area contributed by atoms with Gasteiger partial charge in [0.1, 0.15) is 22.7 Å². The maximum atomic E-state index is 13.2. The number of imidazole rings is 1. The number of pyridine rings is 1. The molecule has 1 saturated carbocycles. The number of hydrogen-bond donors (Lipinski definition) is 1. The zero-order valence-electron chi connectivity index (χ0n) is 17.9. The largest absolute Gasteiger partial charge is 0.434 e. The highest BCUT2D eigenvalue weighted by Crippen LogP contribution is 2.29. The van der Waals surface area contributed by atoms with Crippen LogP contribution in [0.1, 0.15) is 53.2 Å². The van der Waals surface area contributed by atoms with Crippen molar-refractivity contribution in [1.29, 1.82) is 0 Å². The molecule has 4 aromatic rings. The topological polar surface area (TPSA) is 62.3 Å². The van der Waals surface area contributed by atoms with Crippen molar-refractivity contribution in [2.45, 2.75) is 51.1 Å². The van der Waals surface area contributed by atoms with Crippen LogP contribution in [-0.4, -0.2) is 36.3 Å². The minimum Gasteiger partial charge on any atom is -0.368 e. The fourth-order valence-electron chi connectivity index (χ4n) is 4.43. The molecule has 0 bridgehead atoms. The molecular weight excluding hydrogens is 464 g/mol. The van der Waals surface area contributed by atoms with Crippen LogP contribution in [0.5, 0.6) is 0 Å². The van der Waals surface area contributed by atoms with Crippen molar-refractivity contribution < 1.29 is 17.5 Å². The molecule has 1 aliphatic rings. The highest BCUT2D eigenvalue weighted by molar-refractivity contribution is 7.44. The van der Waals surface area contributed by atoms with Crippen LogP contribution in [0.25, 0.3) is 15.9 Å². The number of rotatable bonds is 5. The number of alkyl halides is 2. The van der Waals surface area contributed by atoms with E-state index in [9.17, 15) is 13.6 Å². The van der Waals surface area contributed by atoms with E-state index in [1.807, 2.05) is 31.2 Å². The summed E-state index contributed by atoms with van der Waals surface area (Å²) in [7, 11) is 0. The number of nitrogens with one attached hydrogen (secondary N) is 1. The Bertz CT molecular complexity index is 1360. The first kappa shape index (κ1) is 22.0. The fourth-order valence-corrected chi connectivity index (χ4v) is 5.66. The first-order valence-corrected chi connectivity index (χ1v) is 12.0. The Kier molecular flexibility index (Phi) is 5.88. The van der Waals surface area contributed by atoms with Gasteiger partial charge < -0.3 is 5.32 Å². The monoisotopic (exact) mass is 486 g/mol. The lowest BCUT2D eigenvalue weighted by atomic mass is 9.91. The van der Waals surface area contributed by atoms with E-state index in [2.05, 4.69) is 15.3 Å². The van der Waals surface area contributed by atoms with Gasteiger partial charge in [-0.2, -0.15) is 0 Å². The summed E-state index contributed by atoms with van der Waals surface area (Å²) in [5, 5.41) is 4.38. The summed E-state index contributed by atoms with van der Waals surface area (Å²) in [6.07, 6.45) is 1.95. The summed E-state index contributed by atoms with van der Waals surface area (Å²) in [5.41, 5.74) is 1.68. The van der Waals surface area contributed by atoms with Crippen molar-refractivity contribution in [3.8, 4) is 0 Å². The number of benzene rings is 1. The van der Waals surface area contributed by atoms with Gasteiger partial charge in [-0.3, -0.25) is 4.40 Å². The molecule has 0 unspecified atom stereocenters. The van der Waals surface area contributed by atoms with Crippen LogP contribution < -0.4 is 5.32 Å². The van der Waals surface area contributed by atoms with Crippen LogP contribution in [0.15, 0.2) is 42.6 Å². The average Bonchev–Trinajstić information content (AvgIpc) is 3.42. The van der Waals surface area contributed by atoms with Gasteiger partial charge in [0.05, 0.1) is 15.2 Å². The normalized spacial score (nSPS) is 18.8. The van der Waals surface area contributed by atoms with Crippen molar-refractivity contribution in [3.63, 3.8) is 0 Å². The molecule has 10 heteroatoms. The molecule has 1 N–H and O–H groups in total. The number of thiazole rings is 1. The zero-order valence-corrected chi connectivity index (χ0v) is 19.5. The van der Waals surface area contributed by atoms with Gasteiger partial charge >= 0.3 is 5.91 Å². The van der Waals surface area contributed by atoms with Crippen LogP contribution in [0.2, 0.25) is 0 Å². The standard InChI is InChI=1S/C23H22F2N5OS2/c1-13-26-17-5-2-4-16(21(17)33-13)23(31)30(32)15-10-8-14(9-11-15)27-19-6-3-7-20-28-18(22(24)25)12-29(19)20/h2-7,12,14-15,22,27H,8-11H2,1H3/q+1. The molecule has 0 aliphatic heterocycles. The molecule has 1 fully saturated rings. The molecule has 170 valence electrons. The van der Waals surface area contributed by atoms with E-state index in [0.717, 1.165) is 46.7 Å². The average molecular weight is 487 g/mol. The van der Waals surface area contributed by atoms with E-state index in [1.54, 1.807) is 16.5 Å². The quantitative estimate of drug-likeness (QED) is 0.378. The molecule has 0 spiro atoms. The van der Waals surface area contributed by atoms with Crippen LogP contribution >= 0.6 is 11.3 Å². The van der Waals surface area contributed by atoms with E-state index in [1.165, 1.54) is 21.5 Å². The number of aryl methyl sites for hydroxylation is 1. The molecule has 33 heavy (non-hydrogen) atoms. The van der Waals surface area contributed by atoms with Crippen LogP contribution in [0.4, 0.5) is 14.6 Å². The molecule has 1 aromatic carbocycles. The predicted molar refractivity (Wildman–Crippen MR) is 126 cm³/mol. The molecule has 3 heterocycles. The molecule has 6 nitrogen and oxygen atoms in total. The third kappa shape index (κ3) is 4.24. The molecular formula is C23H22F2N5OS2+. The Hall–Kier alpha value is -2.85. The number of amides is 1. The number of nitrogens with zero attached hydrogens (tertiary/aromatic N) is 4. The Balaban J connectivity index is 1.26. The predicted octanol–water partition coefficient (Wildman–Crippen LogP) is 5.50. The van der Waals surface area contributed by atoms with Gasteiger partial charge in [-0.1, -0.05) is 16.1 Å². The minimum absolute atomic E-state index is 0.0238. The molecule has 5 rings (SSSR count). The third-order valence-electron chi connectivity index (χ3n) is 6.07. The van der Waals surface area contributed by atoms with Crippen molar-refractivity contribution in [2.75, 3.05) is 5.32 Å². The number of carbonyl (C=O) groups excluding carboxylic acids is 1. The number of hydrogen-bond acceptors (Lipinski definition) is 6. The lowest BCUT2D eigenvalue weighted by molar-refractivity contribution is -0.448. The first-order chi connectivity index (χ1) is 15.9.